The van der Waals surface area contributed by atoms with Crippen LogP contribution in [0.4, 0.5) is 13.2 Å². The van der Waals surface area contributed by atoms with Gasteiger partial charge in [-0.3, -0.25) is 0 Å². The summed E-state index contributed by atoms with van der Waals surface area (Å²) in [5.41, 5.74) is -0.729. The zero-order valence-electron chi connectivity index (χ0n) is 9.63. The standard InChI is InChI=1S/C11H13F3O3/c1-10(2,15)7-4-5-8(9(6-7)16-3)17-11(12,13)14/h4-6,15H,1-3H3. The quantitative estimate of drug-likeness (QED) is 0.896. The minimum Gasteiger partial charge on any atom is -0.493 e. The van der Waals surface area contributed by atoms with Gasteiger partial charge < -0.3 is 14.6 Å². The van der Waals surface area contributed by atoms with Crippen LogP contribution in [0.3, 0.4) is 0 Å². The van der Waals surface area contributed by atoms with E-state index in [9.17, 15) is 18.3 Å². The number of ether oxygens (including phenoxy) is 2. The second-order valence-electron chi connectivity index (χ2n) is 3.97. The van der Waals surface area contributed by atoms with Crippen LogP contribution in [-0.4, -0.2) is 18.6 Å². The molecule has 0 aliphatic heterocycles. The molecule has 0 unspecified atom stereocenters. The molecule has 0 bridgehead atoms. The molecule has 0 radical (unpaired) electrons. The molecule has 0 saturated heterocycles. The summed E-state index contributed by atoms with van der Waals surface area (Å²) in [6, 6.07) is 3.77. The monoisotopic (exact) mass is 250 g/mol. The van der Waals surface area contributed by atoms with Crippen molar-refractivity contribution < 1.29 is 27.8 Å². The van der Waals surface area contributed by atoms with Gasteiger partial charge in [0, 0.05) is 0 Å². The van der Waals surface area contributed by atoms with Gasteiger partial charge in [0.05, 0.1) is 12.7 Å². The molecule has 17 heavy (non-hydrogen) atoms. The van der Waals surface area contributed by atoms with Crippen LogP contribution in [0.2, 0.25) is 0 Å². The highest BCUT2D eigenvalue weighted by molar-refractivity contribution is 5.44. The Labute approximate surface area is 96.8 Å². The van der Waals surface area contributed by atoms with Crippen molar-refractivity contribution in [2.24, 2.45) is 0 Å². The van der Waals surface area contributed by atoms with Crippen LogP contribution in [0.5, 0.6) is 11.5 Å². The van der Waals surface area contributed by atoms with E-state index in [1.54, 1.807) is 0 Å². The summed E-state index contributed by atoms with van der Waals surface area (Å²) < 4.78 is 44.8. The lowest BCUT2D eigenvalue weighted by molar-refractivity contribution is -0.275. The van der Waals surface area contributed by atoms with E-state index in [-0.39, 0.29) is 5.75 Å². The highest BCUT2D eigenvalue weighted by Gasteiger charge is 2.32. The van der Waals surface area contributed by atoms with Crippen LogP contribution in [0, 0.1) is 0 Å². The second kappa shape index (κ2) is 4.44. The lowest BCUT2D eigenvalue weighted by atomic mass is 9.98. The fraction of sp³-hybridized carbons (Fsp3) is 0.455. The molecule has 0 aliphatic carbocycles. The van der Waals surface area contributed by atoms with Gasteiger partial charge >= 0.3 is 6.36 Å². The minimum absolute atomic E-state index is 0.0815. The first-order chi connectivity index (χ1) is 7.63. The summed E-state index contributed by atoms with van der Waals surface area (Å²) in [6.45, 7) is 3.04. The summed E-state index contributed by atoms with van der Waals surface area (Å²) in [6.07, 6.45) is -4.77. The van der Waals surface area contributed by atoms with Crippen molar-refractivity contribution >= 4 is 0 Å². The maximum Gasteiger partial charge on any atom is 0.573 e. The minimum atomic E-state index is -4.77. The van der Waals surface area contributed by atoms with Crippen molar-refractivity contribution in [3.8, 4) is 11.5 Å². The fourth-order valence-corrected chi connectivity index (χ4v) is 1.26. The third kappa shape index (κ3) is 3.81. The maximum absolute atomic E-state index is 12.1. The van der Waals surface area contributed by atoms with Gasteiger partial charge in [-0.1, -0.05) is 6.07 Å². The average molecular weight is 250 g/mol. The van der Waals surface area contributed by atoms with Gasteiger partial charge in [0.25, 0.3) is 0 Å². The number of aliphatic hydroxyl groups is 1. The molecule has 0 amide bonds. The van der Waals surface area contributed by atoms with Crippen molar-refractivity contribution in [3.63, 3.8) is 0 Å². The third-order valence-corrected chi connectivity index (χ3v) is 2.10. The largest absolute Gasteiger partial charge is 0.573 e. The summed E-state index contributed by atoms with van der Waals surface area (Å²) in [7, 11) is 1.23. The van der Waals surface area contributed by atoms with Gasteiger partial charge in [0.2, 0.25) is 0 Å². The molecule has 0 spiro atoms. The number of methoxy groups -OCH3 is 1. The van der Waals surface area contributed by atoms with E-state index in [2.05, 4.69) is 4.74 Å². The summed E-state index contributed by atoms with van der Waals surface area (Å²) >= 11 is 0. The Morgan fingerprint density at radius 3 is 2.12 bits per heavy atom. The lowest BCUT2D eigenvalue weighted by Gasteiger charge is -2.20. The van der Waals surface area contributed by atoms with Gasteiger partial charge in [-0.25, -0.2) is 0 Å². The number of hydrogen-bond acceptors (Lipinski definition) is 3. The predicted octanol–water partition coefficient (Wildman–Crippen LogP) is 2.82. The Bertz CT molecular complexity index is 394. The summed E-state index contributed by atoms with van der Waals surface area (Å²) in [5.74, 6) is -0.519. The molecule has 0 fully saturated rings. The van der Waals surface area contributed by atoms with E-state index in [1.165, 1.54) is 33.1 Å². The molecule has 96 valence electrons. The molecule has 1 N–H and O–H groups in total. The Balaban J connectivity index is 3.10. The Morgan fingerprint density at radius 2 is 1.71 bits per heavy atom. The van der Waals surface area contributed by atoms with E-state index in [1.807, 2.05) is 0 Å². The molecular formula is C11H13F3O3. The number of alkyl halides is 3. The number of benzene rings is 1. The molecule has 0 saturated carbocycles. The first-order valence-electron chi connectivity index (χ1n) is 4.80. The first kappa shape index (κ1) is 13.6. The lowest BCUT2D eigenvalue weighted by Crippen LogP contribution is -2.19. The zero-order chi connectivity index (χ0) is 13.3. The van der Waals surface area contributed by atoms with Gasteiger partial charge in [0.1, 0.15) is 0 Å². The fourth-order valence-electron chi connectivity index (χ4n) is 1.26. The molecule has 1 aromatic carbocycles. The van der Waals surface area contributed by atoms with Gasteiger partial charge in [-0.15, -0.1) is 13.2 Å². The molecular weight excluding hydrogens is 237 g/mol. The van der Waals surface area contributed by atoms with Crippen molar-refractivity contribution in [1.29, 1.82) is 0 Å². The number of hydrogen-bond donors (Lipinski definition) is 1. The molecule has 3 nitrogen and oxygen atoms in total. The first-order valence-corrected chi connectivity index (χ1v) is 4.80. The predicted molar refractivity (Wildman–Crippen MR) is 54.9 cm³/mol. The van der Waals surface area contributed by atoms with Crippen molar-refractivity contribution in [2.45, 2.75) is 25.8 Å². The maximum atomic E-state index is 12.1. The Morgan fingerprint density at radius 1 is 1.12 bits per heavy atom. The molecule has 6 heteroatoms. The van der Waals surface area contributed by atoms with E-state index in [0.29, 0.717) is 5.56 Å². The van der Waals surface area contributed by atoms with Crippen LogP contribution in [0.15, 0.2) is 18.2 Å². The van der Waals surface area contributed by atoms with Crippen LogP contribution in [0.25, 0.3) is 0 Å². The van der Waals surface area contributed by atoms with Gasteiger partial charge in [0.15, 0.2) is 11.5 Å². The van der Waals surface area contributed by atoms with Crippen LogP contribution in [0.1, 0.15) is 19.4 Å². The molecule has 1 rings (SSSR count). The van der Waals surface area contributed by atoms with Crippen molar-refractivity contribution in [2.75, 3.05) is 7.11 Å². The summed E-state index contributed by atoms with van der Waals surface area (Å²) in [4.78, 5) is 0. The third-order valence-electron chi connectivity index (χ3n) is 2.10. The number of rotatable bonds is 3. The van der Waals surface area contributed by atoms with E-state index in [4.69, 9.17) is 4.74 Å². The van der Waals surface area contributed by atoms with Crippen LogP contribution in [-0.2, 0) is 5.60 Å². The Kier molecular flexibility index (Phi) is 3.56. The average Bonchev–Trinajstić information content (AvgIpc) is 2.14. The van der Waals surface area contributed by atoms with Crippen molar-refractivity contribution in [1.82, 2.24) is 0 Å². The highest BCUT2D eigenvalue weighted by atomic mass is 19.4. The topological polar surface area (TPSA) is 38.7 Å². The molecule has 1 aromatic rings. The SMILES string of the molecule is COc1cc(C(C)(C)O)ccc1OC(F)(F)F. The molecule has 0 aliphatic rings. The Hall–Kier alpha value is -1.43. The van der Waals surface area contributed by atoms with E-state index >= 15 is 0 Å². The molecule has 0 atom stereocenters. The smallest absolute Gasteiger partial charge is 0.493 e. The summed E-state index contributed by atoms with van der Waals surface area (Å²) in [5, 5.41) is 9.71. The molecule has 0 aromatic heterocycles. The van der Waals surface area contributed by atoms with Crippen LogP contribution >= 0.6 is 0 Å². The normalized spacial score (nSPS) is 12.4. The second-order valence-corrected chi connectivity index (χ2v) is 3.97. The van der Waals surface area contributed by atoms with Crippen LogP contribution < -0.4 is 9.47 Å². The van der Waals surface area contributed by atoms with Crippen molar-refractivity contribution in [3.05, 3.63) is 23.8 Å². The highest BCUT2D eigenvalue weighted by Crippen LogP contribution is 2.35. The van der Waals surface area contributed by atoms with Gasteiger partial charge in [-0.2, -0.15) is 0 Å². The van der Waals surface area contributed by atoms with E-state index < -0.39 is 17.7 Å². The number of halogens is 3. The van der Waals surface area contributed by atoms with E-state index in [0.717, 1.165) is 6.07 Å². The zero-order valence-corrected chi connectivity index (χ0v) is 9.63. The van der Waals surface area contributed by atoms with Gasteiger partial charge in [-0.05, 0) is 31.5 Å². The molecule has 0 heterocycles.